The van der Waals surface area contributed by atoms with Crippen molar-refractivity contribution < 1.29 is 18.0 Å². The number of likely N-dealkylation sites (N-methyl/N-ethyl adjacent to an activating group) is 1. The second-order valence-corrected chi connectivity index (χ2v) is 11.9. The van der Waals surface area contributed by atoms with Crippen LogP contribution in [0.1, 0.15) is 67.8 Å². The number of H-pyrrole nitrogens is 1. The Kier molecular flexibility index (Phi) is 12.7. The maximum atomic E-state index is 12.9. The van der Waals surface area contributed by atoms with Crippen molar-refractivity contribution in [2.75, 3.05) is 37.7 Å². The molecule has 3 N–H and O–H groups in total. The smallest absolute Gasteiger partial charge is 0.255 e. The molecule has 0 saturated carbocycles. The number of sulfone groups is 1. The molecular weight excluding hydrogens is 512 g/mol. The predicted molar refractivity (Wildman–Crippen MR) is 160 cm³/mol. The van der Waals surface area contributed by atoms with Crippen LogP contribution in [0.3, 0.4) is 0 Å². The highest BCUT2D eigenvalue weighted by Gasteiger charge is 2.19. The molecular formula is C30H44N4O4S. The Morgan fingerprint density at radius 3 is 2.44 bits per heavy atom. The Hall–Kier alpha value is -3.17. The molecule has 0 saturated heterocycles. The Morgan fingerprint density at radius 2 is 1.82 bits per heavy atom. The first-order valence-electron chi connectivity index (χ1n) is 13.6. The van der Waals surface area contributed by atoms with Gasteiger partial charge in [-0.1, -0.05) is 55.4 Å². The Bertz CT molecular complexity index is 1280. The fourth-order valence-electron chi connectivity index (χ4n) is 4.37. The number of aromatic nitrogens is 1. The van der Waals surface area contributed by atoms with E-state index in [4.69, 9.17) is 0 Å². The van der Waals surface area contributed by atoms with Gasteiger partial charge in [0.05, 0.1) is 17.1 Å². The maximum Gasteiger partial charge on any atom is 0.255 e. The van der Waals surface area contributed by atoms with Crippen LogP contribution in [0.2, 0.25) is 0 Å². The van der Waals surface area contributed by atoms with Crippen molar-refractivity contribution in [1.82, 2.24) is 20.5 Å². The summed E-state index contributed by atoms with van der Waals surface area (Å²) >= 11 is 0. The average molecular weight is 557 g/mol. The van der Waals surface area contributed by atoms with Crippen LogP contribution in [0.15, 0.2) is 53.3 Å². The van der Waals surface area contributed by atoms with E-state index in [1.54, 1.807) is 19.1 Å². The van der Waals surface area contributed by atoms with Crippen LogP contribution in [0.4, 0.5) is 0 Å². The molecule has 0 bridgehead atoms. The number of hydrogen-bond donors (Lipinski definition) is 3. The lowest BCUT2D eigenvalue weighted by atomic mass is 10.0. The molecule has 0 aliphatic heterocycles. The van der Waals surface area contributed by atoms with Gasteiger partial charge in [-0.15, -0.1) is 0 Å². The van der Waals surface area contributed by atoms with Crippen molar-refractivity contribution >= 4 is 27.7 Å². The van der Waals surface area contributed by atoms with Gasteiger partial charge in [0, 0.05) is 30.1 Å². The zero-order valence-corrected chi connectivity index (χ0v) is 25.0. The quantitative estimate of drug-likeness (QED) is 0.233. The van der Waals surface area contributed by atoms with E-state index in [0.717, 1.165) is 43.6 Å². The van der Waals surface area contributed by atoms with Crippen LogP contribution >= 0.6 is 0 Å². The van der Waals surface area contributed by atoms with E-state index in [2.05, 4.69) is 34.4 Å². The molecule has 0 spiro atoms. The summed E-state index contributed by atoms with van der Waals surface area (Å²) in [4.78, 5) is 31.2. The number of aromatic amines is 1. The summed E-state index contributed by atoms with van der Waals surface area (Å²) in [6, 6.07) is 0. The van der Waals surface area contributed by atoms with E-state index in [9.17, 15) is 18.0 Å². The largest absolute Gasteiger partial charge is 0.358 e. The summed E-state index contributed by atoms with van der Waals surface area (Å²) in [6.07, 6.45) is 13.4. The monoisotopic (exact) mass is 556 g/mol. The van der Waals surface area contributed by atoms with Gasteiger partial charge in [-0.3, -0.25) is 9.59 Å². The van der Waals surface area contributed by atoms with Gasteiger partial charge in [0.15, 0.2) is 9.84 Å². The van der Waals surface area contributed by atoms with Crippen molar-refractivity contribution in [1.29, 1.82) is 0 Å². The van der Waals surface area contributed by atoms with Gasteiger partial charge < -0.3 is 20.5 Å². The normalized spacial score (nSPS) is 14.7. The van der Waals surface area contributed by atoms with E-state index in [1.807, 2.05) is 32.9 Å². The van der Waals surface area contributed by atoms with E-state index in [0.29, 0.717) is 23.5 Å². The highest BCUT2D eigenvalue weighted by Crippen LogP contribution is 2.22. The highest BCUT2D eigenvalue weighted by atomic mass is 32.2. The zero-order chi connectivity index (χ0) is 29.0. The van der Waals surface area contributed by atoms with E-state index >= 15 is 0 Å². The minimum absolute atomic E-state index is 0.00656. The summed E-state index contributed by atoms with van der Waals surface area (Å²) in [6.45, 7) is 14.8. The summed E-state index contributed by atoms with van der Waals surface area (Å²) in [5, 5.41) is 5.67. The van der Waals surface area contributed by atoms with Crippen LogP contribution in [0.5, 0.6) is 0 Å². The van der Waals surface area contributed by atoms with Crippen LogP contribution in [-0.2, 0) is 14.6 Å². The minimum atomic E-state index is -3.37. The molecule has 1 aliphatic carbocycles. The molecule has 9 heteroatoms. The molecule has 0 atom stereocenters. The molecule has 1 aliphatic rings. The van der Waals surface area contributed by atoms with E-state index in [-0.39, 0.29) is 28.9 Å². The lowest BCUT2D eigenvalue weighted by molar-refractivity contribution is -0.116. The van der Waals surface area contributed by atoms with E-state index in [1.165, 1.54) is 23.9 Å². The molecule has 0 aromatic carbocycles. The zero-order valence-electron chi connectivity index (χ0n) is 24.2. The summed E-state index contributed by atoms with van der Waals surface area (Å²) in [5.74, 6) is -0.720. The number of aryl methyl sites for hydroxylation is 1. The van der Waals surface area contributed by atoms with Crippen LogP contribution in [0, 0.1) is 13.8 Å². The standard InChI is InChI=1S/C30H44N4O4S/c1-7-16-31-29(35)26(11-10-19-39(37,38)21-25-14-12-22(4)13-15-25)20-27-23(5)28(24(6)33-27)30(36)32-17-18-34(8-2)9-3/h7,10-12,14,16,20,33H,8-9,13,15,17-19,21H2,1-6H3,(H,31,35)(H,32,36). The fourth-order valence-corrected chi connectivity index (χ4v) is 5.68. The number of nitrogens with one attached hydrogen (secondary N) is 3. The van der Waals surface area contributed by atoms with Crippen molar-refractivity contribution in [3.05, 3.63) is 75.8 Å². The average Bonchev–Trinajstić information content (AvgIpc) is 3.17. The number of rotatable bonds is 14. The van der Waals surface area contributed by atoms with Gasteiger partial charge in [-0.2, -0.15) is 0 Å². The van der Waals surface area contributed by atoms with Gasteiger partial charge >= 0.3 is 0 Å². The number of carbonyl (C=O) groups excluding carboxylic acids is 2. The second-order valence-electron chi connectivity index (χ2n) is 9.81. The van der Waals surface area contributed by atoms with Crippen LogP contribution in [0.25, 0.3) is 6.08 Å². The number of allylic oxidation sites excluding steroid dienone is 4. The molecule has 0 fully saturated rings. The molecule has 2 rings (SSSR count). The highest BCUT2D eigenvalue weighted by molar-refractivity contribution is 7.91. The topological polar surface area (TPSA) is 111 Å². The molecule has 1 aromatic heterocycles. The van der Waals surface area contributed by atoms with Gasteiger partial charge in [0.25, 0.3) is 11.8 Å². The van der Waals surface area contributed by atoms with Gasteiger partial charge in [-0.25, -0.2) is 8.42 Å². The molecule has 1 heterocycles. The minimum Gasteiger partial charge on any atom is -0.358 e. The first-order valence-corrected chi connectivity index (χ1v) is 15.4. The van der Waals surface area contributed by atoms with Gasteiger partial charge in [0.1, 0.15) is 0 Å². The number of hydrogen-bond acceptors (Lipinski definition) is 5. The molecule has 1 aromatic rings. The molecule has 0 unspecified atom stereocenters. The molecule has 8 nitrogen and oxygen atoms in total. The number of nitrogens with zero attached hydrogens (tertiary/aromatic N) is 1. The lowest BCUT2D eigenvalue weighted by Crippen LogP contribution is -2.35. The Balaban J connectivity index is 2.23. The summed E-state index contributed by atoms with van der Waals surface area (Å²) in [7, 11) is -3.37. The van der Waals surface area contributed by atoms with Crippen molar-refractivity contribution in [3.8, 4) is 0 Å². The fraction of sp³-hybridized carbons (Fsp3) is 0.467. The van der Waals surface area contributed by atoms with Crippen LogP contribution < -0.4 is 10.6 Å². The van der Waals surface area contributed by atoms with E-state index < -0.39 is 9.84 Å². The predicted octanol–water partition coefficient (Wildman–Crippen LogP) is 4.37. The Labute approximate surface area is 233 Å². The third-order valence-corrected chi connectivity index (χ3v) is 8.26. The molecule has 2 amide bonds. The Morgan fingerprint density at radius 1 is 1.10 bits per heavy atom. The van der Waals surface area contributed by atoms with Crippen molar-refractivity contribution in [2.24, 2.45) is 0 Å². The van der Waals surface area contributed by atoms with Crippen molar-refractivity contribution in [3.63, 3.8) is 0 Å². The third kappa shape index (κ3) is 10.1. The maximum absolute atomic E-state index is 12.9. The van der Waals surface area contributed by atoms with Crippen LogP contribution in [-0.4, -0.2) is 67.8 Å². The first-order chi connectivity index (χ1) is 18.5. The molecule has 0 radical (unpaired) electrons. The molecule has 214 valence electrons. The lowest BCUT2D eigenvalue weighted by Gasteiger charge is -2.18. The summed E-state index contributed by atoms with van der Waals surface area (Å²) < 4.78 is 25.4. The van der Waals surface area contributed by atoms with Gasteiger partial charge in [0.2, 0.25) is 0 Å². The first kappa shape index (κ1) is 32.0. The third-order valence-electron chi connectivity index (χ3n) is 6.75. The second kappa shape index (κ2) is 15.4. The molecule has 39 heavy (non-hydrogen) atoms. The number of carbonyl (C=O) groups is 2. The van der Waals surface area contributed by atoms with Crippen molar-refractivity contribution in [2.45, 2.75) is 54.4 Å². The SMILES string of the molecule is CC=CNC(=O)C(C=CCS(=O)(=O)CC1=CC=C(C)CC1)=Cc1[nH]c(C)c(C(=O)NCCN(CC)CC)c1C. The number of amides is 2. The van der Waals surface area contributed by atoms with Gasteiger partial charge in [-0.05, 0) is 71.5 Å². The summed E-state index contributed by atoms with van der Waals surface area (Å²) in [5.41, 5.74) is 5.00.